The van der Waals surface area contributed by atoms with E-state index in [2.05, 4.69) is 52.1 Å². The Labute approximate surface area is 155 Å². The first kappa shape index (κ1) is 15.3. The zero-order valence-corrected chi connectivity index (χ0v) is 15.5. The zero-order valence-electron chi connectivity index (χ0n) is 12.3. The third kappa shape index (κ3) is 2.92. The van der Waals surface area contributed by atoms with Crippen molar-refractivity contribution in [3.63, 3.8) is 0 Å². The summed E-state index contributed by atoms with van der Waals surface area (Å²) < 4.78 is 4.00. The van der Waals surface area contributed by atoms with Crippen molar-refractivity contribution >= 4 is 54.5 Å². The number of halogens is 2. The highest BCUT2D eigenvalue weighted by Crippen LogP contribution is 2.25. The van der Waals surface area contributed by atoms with Gasteiger partial charge in [0.1, 0.15) is 12.7 Å². The molecule has 0 fully saturated rings. The molecule has 2 aromatic carbocycles. The van der Waals surface area contributed by atoms with Crippen LogP contribution >= 0.6 is 31.9 Å². The molecule has 0 bridgehead atoms. The Bertz CT molecular complexity index is 994. The van der Waals surface area contributed by atoms with Gasteiger partial charge >= 0.3 is 0 Å². The molecule has 0 aliphatic carbocycles. The van der Waals surface area contributed by atoms with Crippen LogP contribution in [0.5, 0.6) is 0 Å². The molecule has 2 aromatic heterocycles. The maximum absolute atomic E-state index is 4.49. The van der Waals surface area contributed by atoms with Gasteiger partial charge < -0.3 is 5.32 Å². The maximum atomic E-state index is 4.49. The van der Waals surface area contributed by atoms with E-state index in [-0.39, 0.29) is 0 Å². The van der Waals surface area contributed by atoms with Crippen LogP contribution in [-0.4, -0.2) is 19.5 Å². The molecule has 24 heavy (non-hydrogen) atoms. The fourth-order valence-corrected chi connectivity index (χ4v) is 2.92. The van der Waals surface area contributed by atoms with Gasteiger partial charge in [-0.15, -0.1) is 0 Å². The monoisotopic (exact) mass is 443 g/mol. The van der Waals surface area contributed by atoms with Crippen LogP contribution in [-0.2, 0) is 0 Å². The Morgan fingerprint density at radius 3 is 2.17 bits per heavy atom. The number of nitrogens with zero attached hydrogens (tertiary/aromatic N) is 4. The van der Waals surface area contributed by atoms with Gasteiger partial charge in [0.05, 0.1) is 0 Å². The fraction of sp³-hybridized carbons (Fsp3) is 0. The highest BCUT2D eigenvalue weighted by Gasteiger charge is 2.11. The van der Waals surface area contributed by atoms with Crippen molar-refractivity contribution in [1.82, 2.24) is 19.5 Å². The summed E-state index contributed by atoms with van der Waals surface area (Å²) in [5, 5.41) is 3.29. The van der Waals surface area contributed by atoms with Crippen molar-refractivity contribution < 1.29 is 0 Å². The molecule has 5 nitrogen and oxygen atoms in total. The third-order valence-electron chi connectivity index (χ3n) is 3.55. The lowest BCUT2D eigenvalue weighted by Gasteiger charge is -2.07. The predicted octanol–water partition coefficient (Wildman–Crippen LogP) is 5.08. The fourth-order valence-electron chi connectivity index (χ4n) is 2.39. The lowest BCUT2D eigenvalue weighted by molar-refractivity contribution is 1.06. The normalized spacial score (nSPS) is 10.9. The van der Waals surface area contributed by atoms with Crippen molar-refractivity contribution in [2.24, 2.45) is 0 Å². The number of rotatable bonds is 3. The molecule has 0 saturated heterocycles. The van der Waals surface area contributed by atoms with Crippen LogP contribution in [0.3, 0.4) is 0 Å². The van der Waals surface area contributed by atoms with E-state index in [1.165, 1.54) is 0 Å². The first-order valence-corrected chi connectivity index (χ1v) is 8.76. The average molecular weight is 445 g/mol. The summed E-state index contributed by atoms with van der Waals surface area (Å²) in [5.74, 6) is 0.679. The van der Waals surface area contributed by atoms with Gasteiger partial charge in [-0.2, -0.15) is 0 Å². The van der Waals surface area contributed by atoms with E-state index in [1.807, 2.05) is 53.1 Å². The van der Waals surface area contributed by atoms with Gasteiger partial charge in [0.2, 0.25) is 0 Å². The highest BCUT2D eigenvalue weighted by atomic mass is 79.9. The number of imidazole rings is 1. The molecular formula is C17H11Br2N5. The molecule has 0 amide bonds. The van der Waals surface area contributed by atoms with E-state index >= 15 is 0 Å². The van der Waals surface area contributed by atoms with Gasteiger partial charge in [-0.05, 0) is 48.5 Å². The molecule has 118 valence electrons. The van der Waals surface area contributed by atoms with Crippen LogP contribution in [0.25, 0.3) is 16.9 Å². The first-order chi connectivity index (χ1) is 11.7. The molecule has 0 aliphatic rings. The number of aromatic nitrogens is 4. The number of anilines is 2. The van der Waals surface area contributed by atoms with Crippen molar-refractivity contribution in [3.05, 3.63) is 70.1 Å². The molecule has 0 aliphatic heterocycles. The zero-order chi connectivity index (χ0) is 16.5. The summed E-state index contributed by atoms with van der Waals surface area (Å²) in [6, 6.07) is 15.9. The predicted molar refractivity (Wildman–Crippen MR) is 102 cm³/mol. The van der Waals surface area contributed by atoms with Gasteiger partial charge in [0.25, 0.3) is 0 Å². The van der Waals surface area contributed by atoms with Crippen molar-refractivity contribution in [3.8, 4) is 5.69 Å². The maximum Gasteiger partial charge on any atom is 0.170 e. The van der Waals surface area contributed by atoms with Crippen molar-refractivity contribution in [2.45, 2.75) is 0 Å². The molecule has 2 heterocycles. The van der Waals surface area contributed by atoms with Crippen LogP contribution in [0.4, 0.5) is 11.5 Å². The number of nitrogens with one attached hydrogen (secondary N) is 1. The van der Waals surface area contributed by atoms with Crippen LogP contribution in [0.15, 0.2) is 70.1 Å². The Morgan fingerprint density at radius 1 is 0.792 bits per heavy atom. The quantitative estimate of drug-likeness (QED) is 0.478. The van der Waals surface area contributed by atoms with E-state index in [9.17, 15) is 0 Å². The van der Waals surface area contributed by atoms with Gasteiger partial charge in [-0.1, -0.05) is 31.9 Å². The SMILES string of the molecule is Brc1ccc(Nc2ncnc3c2ncn3-c2ccc(Br)cc2)cc1. The Hall–Kier alpha value is -2.25. The van der Waals surface area contributed by atoms with E-state index < -0.39 is 0 Å². The molecule has 4 rings (SSSR count). The van der Waals surface area contributed by atoms with E-state index in [0.29, 0.717) is 5.82 Å². The number of hydrogen-bond acceptors (Lipinski definition) is 4. The summed E-state index contributed by atoms with van der Waals surface area (Å²) in [4.78, 5) is 13.2. The van der Waals surface area contributed by atoms with Gasteiger partial charge in [-0.25, -0.2) is 15.0 Å². The highest BCUT2D eigenvalue weighted by molar-refractivity contribution is 9.10. The Morgan fingerprint density at radius 2 is 1.46 bits per heavy atom. The Balaban J connectivity index is 1.76. The second-order valence-electron chi connectivity index (χ2n) is 5.12. The molecule has 0 saturated carbocycles. The van der Waals surface area contributed by atoms with Crippen LogP contribution in [0.2, 0.25) is 0 Å². The van der Waals surface area contributed by atoms with E-state index in [0.717, 1.165) is 31.5 Å². The number of fused-ring (bicyclic) bond motifs is 1. The van der Waals surface area contributed by atoms with Crippen molar-refractivity contribution in [1.29, 1.82) is 0 Å². The average Bonchev–Trinajstić information content (AvgIpc) is 3.03. The smallest absolute Gasteiger partial charge is 0.170 e. The molecular weight excluding hydrogens is 434 g/mol. The second-order valence-corrected chi connectivity index (χ2v) is 6.95. The summed E-state index contributed by atoms with van der Waals surface area (Å²) in [5.41, 5.74) is 3.42. The summed E-state index contributed by atoms with van der Waals surface area (Å²) in [6.45, 7) is 0. The molecule has 1 N–H and O–H groups in total. The summed E-state index contributed by atoms with van der Waals surface area (Å²) in [7, 11) is 0. The van der Waals surface area contributed by atoms with Crippen molar-refractivity contribution in [2.75, 3.05) is 5.32 Å². The van der Waals surface area contributed by atoms with Gasteiger partial charge in [-0.3, -0.25) is 4.57 Å². The molecule has 0 spiro atoms. The molecule has 4 aromatic rings. The van der Waals surface area contributed by atoms with Crippen LogP contribution in [0, 0.1) is 0 Å². The topological polar surface area (TPSA) is 55.6 Å². The van der Waals surface area contributed by atoms with E-state index in [1.54, 1.807) is 12.7 Å². The van der Waals surface area contributed by atoms with E-state index in [4.69, 9.17) is 0 Å². The minimum atomic E-state index is 0.679. The summed E-state index contributed by atoms with van der Waals surface area (Å²) in [6.07, 6.45) is 3.30. The third-order valence-corrected chi connectivity index (χ3v) is 4.60. The van der Waals surface area contributed by atoms with Gasteiger partial charge in [0, 0.05) is 20.3 Å². The lowest BCUT2D eigenvalue weighted by atomic mass is 10.3. The van der Waals surface area contributed by atoms with Crippen LogP contribution < -0.4 is 5.32 Å². The molecule has 0 radical (unpaired) electrons. The molecule has 0 unspecified atom stereocenters. The number of benzene rings is 2. The van der Waals surface area contributed by atoms with Crippen LogP contribution in [0.1, 0.15) is 0 Å². The second kappa shape index (κ2) is 6.33. The standard InChI is InChI=1S/C17H11Br2N5/c18-11-1-5-13(6-2-11)23-16-15-17(21-9-20-16)24(10-22-15)14-7-3-12(19)4-8-14/h1-10H,(H,20,21,23). The largest absolute Gasteiger partial charge is 0.338 e. The molecule has 7 heteroatoms. The molecule has 0 atom stereocenters. The number of hydrogen-bond donors (Lipinski definition) is 1. The minimum absolute atomic E-state index is 0.679. The Kier molecular flexibility index (Phi) is 4.03. The lowest BCUT2D eigenvalue weighted by Crippen LogP contribution is -1.98. The first-order valence-electron chi connectivity index (χ1n) is 7.17. The minimum Gasteiger partial charge on any atom is -0.338 e. The summed E-state index contributed by atoms with van der Waals surface area (Å²) >= 11 is 6.88. The van der Waals surface area contributed by atoms with Gasteiger partial charge in [0.15, 0.2) is 17.0 Å².